The van der Waals surface area contributed by atoms with Gasteiger partial charge in [0.15, 0.2) is 6.23 Å². The molecule has 3 aromatic heterocycles. The average Bonchev–Trinajstić information content (AvgIpc) is 3.38. The third-order valence-corrected chi connectivity index (χ3v) is 7.95. The van der Waals surface area contributed by atoms with Gasteiger partial charge in [-0.25, -0.2) is 9.67 Å². The Labute approximate surface area is 197 Å². The van der Waals surface area contributed by atoms with E-state index in [9.17, 15) is 5.26 Å². The molecule has 9 heteroatoms. The molecule has 0 amide bonds. The Morgan fingerprint density at radius 1 is 1.24 bits per heavy atom. The van der Waals surface area contributed by atoms with Crippen LogP contribution in [0.2, 0.25) is 0 Å². The molecule has 1 saturated carbocycles. The smallest absolute Gasteiger partial charge is 0.150 e. The van der Waals surface area contributed by atoms with Crippen molar-refractivity contribution in [1.82, 2.24) is 19.1 Å². The molecule has 0 bridgehead atoms. The van der Waals surface area contributed by atoms with Gasteiger partial charge in [-0.05, 0) is 75.2 Å². The van der Waals surface area contributed by atoms with Crippen molar-refractivity contribution in [3.8, 4) is 17.5 Å². The van der Waals surface area contributed by atoms with Crippen molar-refractivity contribution in [2.45, 2.75) is 63.6 Å². The fraction of sp³-hybridized carbons (Fsp3) is 0.583. The lowest BCUT2D eigenvalue weighted by Gasteiger charge is -2.34. The van der Waals surface area contributed by atoms with Crippen molar-refractivity contribution in [3.05, 3.63) is 23.4 Å². The summed E-state index contributed by atoms with van der Waals surface area (Å²) in [4.78, 5) is 7.44. The van der Waals surface area contributed by atoms with Gasteiger partial charge in [-0.1, -0.05) is 0 Å². The predicted octanol–water partition coefficient (Wildman–Crippen LogP) is 4.34. The molecule has 0 radical (unpaired) electrons. The maximum Gasteiger partial charge on any atom is 0.150 e. The zero-order valence-corrected chi connectivity index (χ0v) is 19.9. The number of ether oxygens (including phenoxy) is 2. The van der Waals surface area contributed by atoms with Crippen LogP contribution in [0.4, 0.5) is 5.82 Å². The second kappa shape index (κ2) is 8.05. The zero-order chi connectivity index (χ0) is 22.6. The molecule has 3 aliphatic rings. The van der Waals surface area contributed by atoms with Gasteiger partial charge in [0.1, 0.15) is 17.0 Å². The highest BCUT2D eigenvalue weighted by atomic mass is 32.1. The molecule has 5 heterocycles. The van der Waals surface area contributed by atoms with E-state index in [-0.39, 0.29) is 12.3 Å². The first-order chi connectivity index (χ1) is 16.1. The topological polar surface area (TPSA) is 89.1 Å². The van der Waals surface area contributed by atoms with E-state index in [1.54, 1.807) is 0 Å². The number of nitrogens with zero attached hydrogens (tertiary/aromatic N) is 6. The molecule has 2 saturated heterocycles. The third kappa shape index (κ3) is 3.52. The van der Waals surface area contributed by atoms with E-state index in [0.29, 0.717) is 13.2 Å². The molecule has 2 aliphatic heterocycles. The van der Waals surface area contributed by atoms with Gasteiger partial charge in [-0.15, -0.1) is 0 Å². The summed E-state index contributed by atoms with van der Waals surface area (Å²) in [6.07, 6.45) is 4.88. The average molecular weight is 465 g/mol. The maximum absolute atomic E-state index is 10.0. The van der Waals surface area contributed by atoms with Crippen molar-refractivity contribution >= 4 is 27.6 Å². The number of hydrogen-bond acceptors (Lipinski definition) is 8. The Kier molecular flexibility index (Phi) is 5.13. The number of aryl methyl sites for hydroxylation is 1. The first-order valence-corrected chi connectivity index (χ1v) is 12.6. The molecule has 0 aromatic carbocycles. The molecule has 8 nitrogen and oxygen atoms in total. The van der Waals surface area contributed by atoms with Gasteiger partial charge in [0.25, 0.3) is 0 Å². The maximum atomic E-state index is 10.0. The first kappa shape index (κ1) is 21.0. The van der Waals surface area contributed by atoms with Crippen LogP contribution in [-0.2, 0) is 14.9 Å². The van der Waals surface area contributed by atoms with Gasteiger partial charge in [0, 0.05) is 13.2 Å². The molecule has 0 spiro atoms. The predicted molar refractivity (Wildman–Crippen MR) is 126 cm³/mol. The van der Waals surface area contributed by atoms with E-state index in [0.717, 1.165) is 83.9 Å². The summed E-state index contributed by atoms with van der Waals surface area (Å²) in [5, 5.41) is 14.8. The Balaban J connectivity index is 1.53. The number of aromatic nitrogens is 4. The van der Waals surface area contributed by atoms with E-state index in [1.807, 2.05) is 11.6 Å². The number of morpholine rings is 1. The molecule has 2 atom stereocenters. The van der Waals surface area contributed by atoms with Gasteiger partial charge in [0.05, 0.1) is 46.8 Å². The van der Waals surface area contributed by atoms with Crippen LogP contribution < -0.4 is 4.90 Å². The number of pyridine rings is 1. The number of nitriles is 1. The monoisotopic (exact) mass is 464 g/mol. The van der Waals surface area contributed by atoms with E-state index in [4.69, 9.17) is 23.9 Å². The normalized spacial score (nSPS) is 24.7. The fourth-order valence-electron chi connectivity index (χ4n) is 5.04. The minimum Gasteiger partial charge on any atom is -0.377 e. The van der Waals surface area contributed by atoms with E-state index < -0.39 is 5.41 Å². The van der Waals surface area contributed by atoms with Crippen LogP contribution >= 0.6 is 11.5 Å². The number of rotatable bonds is 4. The van der Waals surface area contributed by atoms with Crippen molar-refractivity contribution in [1.29, 1.82) is 5.26 Å². The van der Waals surface area contributed by atoms with Gasteiger partial charge < -0.3 is 14.4 Å². The zero-order valence-electron chi connectivity index (χ0n) is 19.1. The van der Waals surface area contributed by atoms with Crippen LogP contribution in [0.3, 0.4) is 0 Å². The minimum absolute atomic E-state index is 0.0741. The highest BCUT2D eigenvalue weighted by molar-refractivity contribution is 7.13. The van der Waals surface area contributed by atoms with Crippen molar-refractivity contribution < 1.29 is 9.47 Å². The van der Waals surface area contributed by atoms with Crippen LogP contribution in [0.5, 0.6) is 0 Å². The molecular formula is C24H28N6O2S. The Bertz CT molecular complexity index is 1230. The van der Waals surface area contributed by atoms with Crippen LogP contribution in [-0.4, -0.2) is 51.5 Å². The molecule has 3 aromatic rings. The summed E-state index contributed by atoms with van der Waals surface area (Å²) in [5.41, 5.74) is 4.24. The Morgan fingerprint density at radius 3 is 2.85 bits per heavy atom. The standard InChI is InChI=1S/C24H28N6O2S/c1-15-11-18(30(27-15)20-5-3-4-9-32-20)21-22-23(33-28-21)17(24(14-25)6-7-24)12-19(26-22)29-8-10-31-13-16(29)2/h11-12,16,20H,3-10,13H2,1-2H3. The molecule has 172 valence electrons. The first-order valence-electron chi connectivity index (χ1n) is 11.8. The molecule has 2 unspecified atom stereocenters. The number of fused-ring (bicyclic) bond motifs is 1. The third-order valence-electron chi connectivity index (χ3n) is 7.08. The lowest BCUT2D eigenvalue weighted by molar-refractivity contribution is -0.0385. The molecule has 33 heavy (non-hydrogen) atoms. The number of hydrogen-bond donors (Lipinski definition) is 0. The SMILES string of the molecule is Cc1cc(-c2nsc3c(C4(C#N)CC4)cc(N4CCOCC4C)nc23)n(C2CCCCO2)n1. The lowest BCUT2D eigenvalue weighted by atomic mass is 9.97. The second-order valence-electron chi connectivity index (χ2n) is 9.48. The van der Waals surface area contributed by atoms with Gasteiger partial charge in [-0.2, -0.15) is 14.7 Å². The van der Waals surface area contributed by atoms with Crippen LogP contribution in [0.15, 0.2) is 12.1 Å². The summed E-state index contributed by atoms with van der Waals surface area (Å²) < 4.78 is 19.6. The number of anilines is 1. The van der Waals surface area contributed by atoms with Gasteiger partial charge >= 0.3 is 0 Å². The summed E-state index contributed by atoms with van der Waals surface area (Å²) in [6.45, 7) is 7.08. The largest absolute Gasteiger partial charge is 0.377 e. The van der Waals surface area contributed by atoms with Crippen LogP contribution in [0, 0.1) is 18.3 Å². The Hall–Kier alpha value is -2.54. The van der Waals surface area contributed by atoms with E-state index >= 15 is 0 Å². The van der Waals surface area contributed by atoms with Crippen molar-refractivity contribution in [3.63, 3.8) is 0 Å². The van der Waals surface area contributed by atoms with E-state index in [1.165, 1.54) is 11.5 Å². The summed E-state index contributed by atoms with van der Waals surface area (Å²) in [7, 11) is 0. The highest BCUT2D eigenvalue weighted by Crippen LogP contribution is 2.52. The highest BCUT2D eigenvalue weighted by Gasteiger charge is 2.47. The second-order valence-corrected chi connectivity index (χ2v) is 10.3. The summed E-state index contributed by atoms with van der Waals surface area (Å²) in [5.74, 6) is 0.910. The van der Waals surface area contributed by atoms with Crippen molar-refractivity contribution in [2.75, 3.05) is 31.3 Å². The summed E-state index contributed by atoms with van der Waals surface area (Å²) >= 11 is 1.45. The van der Waals surface area contributed by atoms with Crippen molar-refractivity contribution in [2.24, 2.45) is 0 Å². The van der Waals surface area contributed by atoms with Gasteiger partial charge in [0.2, 0.25) is 0 Å². The van der Waals surface area contributed by atoms with Crippen LogP contribution in [0.25, 0.3) is 21.6 Å². The molecule has 3 fully saturated rings. The van der Waals surface area contributed by atoms with Crippen LogP contribution in [0.1, 0.15) is 56.5 Å². The molecule has 0 N–H and O–H groups in total. The van der Waals surface area contributed by atoms with E-state index in [2.05, 4.69) is 30.0 Å². The minimum atomic E-state index is -0.419. The van der Waals surface area contributed by atoms with Gasteiger partial charge in [-0.3, -0.25) is 0 Å². The molecular weight excluding hydrogens is 436 g/mol. The Morgan fingerprint density at radius 2 is 2.12 bits per heavy atom. The molecule has 1 aliphatic carbocycles. The lowest BCUT2D eigenvalue weighted by Crippen LogP contribution is -2.44. The quantitative estimate of drug-likeness (QED) is 0.567. The fourth-order valence-corrected chi connectivity index (χ4v) is 5.99. The molecule has 6 rings (SSSR count). The summed E-state index contributed by atoms with van der Waals surface area (Å²) in [6, 6.07) is 7.03.